The molecular formula is C15H23N5. The van der Waals surface area contributed by atoms with Crippen LogP contribution in [0.5, 0.6) is 0 Å². The number of aromatic nitrogens is 2. The lowest BCUT2D eigenvalue weighted by molar-refractivity contribution is 0.663. The van der Waals surface area contributed by atoms with Gasteiger partial charge in [0.2, 0.25) is 0 Å². The average Bonchev–Trinajstić information content (AvgIpc) is 2.87. The van der Waals surface area contributed by atoms with Crippen LogP contribution in [0.2, 0.25) is 0 Å². The summed E-state index contributed by atoms with van der Waals surface area (Å²) in [5, 5.41) is 3.12. The minimum absolute atomic E-state index is 0.550. The first-order chi connectivity index (χ1) is 9.81. The van der Waals surface area contributed by atoms with Crippen molar-refractivity contribution >= 4 is 17.0 Å². The second-order valence-corrected chi connectivity index (χ2v) is 4.83. The van der Waals surface area contributed by atoms with Crippen LogP contribution in [0.1, 0.15) is 26.2 Å². The number of nitrogens with zero attached hydrogens (tertiary/aromatic N) is 3. The second kappa shape index (κ2) is 7.53. The number of unbranched alkanes of at least 4 members (excludes halogenated alkanes) is 1. The van der Waals surface area contributed by atoms with E-state index in [0.717, 1.165) is 44.4 Å². The van der Waals surface area contributed by atoms with Crippen molar-refractivity contribution in [1.29, 1.82) is 0 Å². The van der Waals surface area contributed by atoms with Crippen LogP contribution >= 0.6 is 0 Å². The predicted molar refractivity (Wildman–Crippen MR) is 83.8 cm³/mol. The van der Waals surface area contributed by atoms with E-state index in [-0.39, 0.29) is 0 Å². The standard InChI is InChI=1S/C15H23N5/c1-2-3-9-17-15(16)18-10-6-11-20-12-19-13-7-4-5-8-14(13)20/h4-5,7-8,12H,2-3,6,9-11H2,1H3,(H3,16,17,18). The lowest BCUT2D eigenvalue weighted by atomic mass is 10.3. The van der Waals surface area contributed by atoms with Crippen molar-refractivity contribution < 1.29 is 0 Å². The SMILES string of the molecule is CCCCNC(N)=NCCCn1cnc2ccccc21. The first kappa shape index (κ1) is 14.4. The Morgan fingerprint density at radius 3 is 3.05 bits per heavy atom. The normalized spacial score (nSPS) is 11.9. The van der Waals surface area contributed by atoms with E-state index in [1.54, 1.807) is 0 Å². The number of nitrogens with one attached hydrogen (secondary N) is 1. The first-order valence-corrected chi connectivity index (χ1v) is 7.25. The molecule has 0 aliphatic carbocycles. The Bertz CT molecular complexity index is 558. The zero-order valence-corrected chi connectivity index (χ0v) is 12.0. The summed E-state index contributed by atoms with van der Waals surface area (Å²) in [6.45, 7) is 4.70. The molecule has 3 N–H and O–H groups in total. The van der Waals surface area contributed by atoms with E-state index in [1.807, 2.05) is 24.5 Å². The van der Waals surface area contributed by atoms with Gasteiger partial charge in [-0.15, -0.1) is 0 Å². The number of para-hydroxylation sites is 2. The van der Waals surface area contributed by atoms with E-state index in [0.29, 0.717) is 5.96 Å². The molecule has 0 saturated heterocycles. The van der Waals surface area contributed by atoms with Crippen molar-refractivity contribution in [3.8, 4) is 0 Å². The van der Waals surface area contributed by atoms with Crippen molar-refractivity contribution in [2.24, 2.45) is 10.7 Å². The Labute approximate surface area is 119 Å². The largest absolute Gasteiger partial charge is 0.370 e. The molecule has 0 aliphatic rings. The molecule has 1 heterocycles. The highest BCUT2D eigenvalue weighted by Crippen LogP contribution is 2.11. The minimum Gasteiger partial charge on any atom is -0.370 e. The van der Waals surface area contributed by atoms with Gasteiger partial charge in [-0.2, -0.15) is 0 Å². The van der Waals surface area contributed by atoms with Crippen LogP contribution in [0.4, 0.5) is 0 Å². The van der Waals surface area contributed by atoms with Crippen molar-refractivity contribution in [3.05, 3.63) is 30.6 Å². The summed E-state index contributed by atoms with van der Waals surface area (Å²) in [6, 6.07) is 8.16. The molecule has 2 aromatic rings. The Balaban J connectivity index is 1.77. The van der Waals surface area contributed by atoms with Gasteiger partial charge in [-0.3, -0.25) is 4.99 Å². The molecule has 108 valence electrons. The molecule has 0 amide bonds. The van der Waals surface area contributed by atoms with Gasteiger partial charge in [0.15, 0.2) is 5.96 Å². The van der Waals surface area contributed by atoms with Gasteiger partial charge < -0.3 is 15.6 Å². The molecule has 1 aromatic carbocycles. The topological polar surface area (TPSA) is 68.2 Å². The quantitative estimate of drug-likeness (QED) is 0.461. The number of imidazole rings is 1. The highest BCUT2D eigenvalue weighted by molar-refractivity contribution is 5.77. The van der Waals surface area contributed by atoms with Crippen LogP contribution in [0, 0.1) is 0 Å². The van der Waals surface area contributed by atoms with Crippen LogP contribution in [0.25, 0.3) is 11.0 Å². The summed E-state index contributed by atoms with van der Waals surface area (Å²) in [5.74, 6) is 0.550. The Morgan fingerprint density at radius 1 is 1.35 bits per heavy atom. The van der Waals surface area contributed by atoms with E-state index in [1.165, 1.54) is 5.52 Å². The highest BCUT2D eigenvalue weighted by Gasteiger charge is 2.00. The fourth-order valence-corrected chi connectivity index (χ4v) is 2.08. The minimum atomic E-state index is 0.550. The number of hydrogen-bond acceptors (Lipinski definition) is 2. The van der Waals surface area contributed by atoms with E-state index in [9.17, 15) is 0 Å². The molecule has 1 aromatic heterocycles. The van der Waals surface area contributed by atoms with Crippen molar-refractivity contribution in [2.45, 2.75) is 32.7 Å². The van der Waals surface area contributed by atoms with Gasteiger partial charge in [0.1, 0.15) is 0 Å². The predicted octanol–water partition coefficient (Wildman–Crippen LogP) is 2.13. The van der Waals surface area contributed by atoms with E-state index >= 15 is 0 Å². The van der Waals surface area contributed by atoms with Crippen LogP contribution in [0.15, 0.2) is 35.6 Å². The molecule has 0 spiro atoms. The lowest BCUT2D eigenvalue weighted by Crippen LogP contribution is -2.32. The Hall–Kier alpha value is -2.04. The summed E-state index contributed by atoms with van der Waals surface area (Å²) in [6.07, 6.45) is 5.12. The molecule has 0 fully saturated rings. The summed E-state index contributed by atoms with van der Waals surface area (Å²) in [7, 11) is 0. The molecule has 0 aliphatic heterocycles. The van der Waals surface area contributed by atoms with E-state index in [4.69, 9.17) is 5.73 Å². The molecule has 0 radical (unpaired) electrons. The number of benzene rings is 1. The third-order valence-corrected chi connectivity index (χ3v) is 3.20. The maximum atomic E-state index is 5.78. The van der Waals surface area contributed by atoms with Gasteiger partial charge in [-0.1, -0.05) is 25.5 Å². The molecule has 5 heteroatoms. The fourth-order valence-electron chi connectivity index (χ4n) is 2.08. The number of aliphatic imine (C=N–C) groups is 1. The van der Waals surface area contributed by atoms with Gasteiger partial charge in [-0.25, -0.2) is 4.98 Å². The maximum Gasteiger partial charge on any atom is 0.188 e. The summed E-state index contributed by atoms with van der Waals surface area (Å²) in [4.78, 5) is 8.70. The number of hydrogen-bond donors (Lipinski definition) is 2. The molecule has 0 unspecified atom stereocenters. The molecule has 20 heavy (non-hydrogen) atoms. The van der Waals surface area contributed by atoms with E-state index < -0.39 is 0 Å². The summed E-state index contributed by atoms with van der Waals surface area (Å²) < 4.78 is 2.16. The Morgan fingerprint density at radius 2 is 2.20 bits per heavy atom. The summed E-state index contributed by atoms with van der Waals surface area (Å²) >= 11 is 0. The lowest BCUT2D eigenvalue weighted by Gasteiger charge is -2.05. The maximum absolute atomic E-state index is 5.78. The van der Waals surface area contributed by atoms with Crippen molar-refractivity contribution in [3.63, 3.8) is 0 Å². The van der Waals surface area contributed by atoms with Crippen LogP contribution in [-0.2, 0) is 6.54 Å². The number of guanidine groups is 1. The first-order valence-electron chi connectivity index (χ1n) is 7.25. The fraction of sp³-hybridized carbons (Fsp3) is 0.467. The third-order valence-electron chi connectivity index (χ3n) is 3.20. The number of rotatable bonds is 7. The van der Waals surface area contributed by atoms with Gasteiger partial charge in [0.05, 0.1) is 17.4 Å². The van der Waals surface area contributed by atoms with Crippen molar-refractivity contribution in [1.82, 2.24) is 14.9 Å². The van der Waals surface area contributed by atoms with Gasteiger partial charge >= 0.3 is 0 Å². The molecule has 5 nitrogen and oxygen atoms in total. The smallest absolute Gasteiger partial charge is 0.188 e. The zero-order valence-electron chi connectivity index (χ0n) is 12.0. The molecule has 0 saturated carbocycles. The number of fused-ring (bicyclic) bond motifs is 1. The zero-order chi connectivity index (χ0) is 14.2. The second-order valence-electron chi connectivity index (χ2n) is 4.83. The molecule has 2 rings (SSSR count). The highest BCUT2D eigenvalue weighted by atomic mass is 15.1. The van der Waals surface area contributed by atoms with Crippen LogP contribution in [-0.4, -0.2) is 28.6 Å². The van der Waals surface area contributed by atoms with E-state index in [2.05, 4.69) is 32.9 Å². The van der Waals surface area contributed by atoms with Crippen molar-refractivity contribution in [2.75, 3.05) is 13.1 Å². The average molecular weight is 273 g/mol. The monoisotopic (exact) mass is 273 g/mol. The molecular weight excluding hydrogens is 250 g/mol. The number of nitrogens with two attached hydrogens (primary N) is 1. The molecule has 0 bridgehead atoms. The molecule has 0 atom stereocenters. The van der Waals surface area contributed by atoms with Gasteiger partial charge in [0.25, 0.3) is 0 Å². The van der Waals surface area contributed by atoms with Gasteiger partial charge in [0, 0.05) is 19.6 Å². The summed E-state index contributed by atoms with van der Waals surface area (Å²) in [5.41, 5.74) is 7.99. The van der Waals surface area contributed by atoms with Crippen LogP contribution in [0.3, 0.4) is 0 Å². The Kier molecular flexibility index (Phi) is 5.41. The van der Waals surface area contributed by atoms with Crippen LogP contribution < -0.4 is 11.1 Å². The van der Waals surface area contributed by atoms with Gasteiger partial charge in [-0.05, 0) is 25.0 Å². The number of aryl methyl sites for hydroxylation is 1. The third kappa shape index (κ3) is 3.98.